The van der Waals surface area contributed by atoms with Gasteiger partial charge in [-0.1, -0.05) is 31.2 Å². The minimum absolute atomic E-state index is 0.00578. The maximum absolute atomic E-state index is 15.8. The predicted octanol–water partition coefficient (Wildman–Crippen LogP) is 18.6. The minimum atomic E-state index is -3.12. The standard InChI is InChI=1S/C29H35F5N4.2C27H30F6N4/c1-4-29(3,34)16-38-17(2)10-22-21-7-6-18(31)11-25(21)36-27(22)28(38)26-23(32)12-19(13-24(26)33)35-20-14-37(15-20)9-5-8-30;2*1-15-9-19-18-5-3-6-20(29)24(18)35-25(19)26(37(15)14-27(2,32)33)23-21(30)10-16(11-22(23)31)34-17-12-36(13-17)8-4-7-28/h6-7,11-13,17,20,28,35-36H,4-5,8-10,14-16H2,1-3H3;2*3,5-6,10-11,15,17,26,34-35H,4,7-9,12-14H2,1-2H3/t17-,28-,29+;2*15-,26-/m010/s1. The highest BCUT2D eigenvalue weighted by molar-refractivity contribution is 5.88. The molecular weight excluding hydrogens is 1490 g/mol. The van der Waals surface area contributed by atoms with Crippen LogP contribution in [0.2, 0.25) is 0 Å². The largest absolute Gasteiger partial charge is 0.380 e. The molecule has 7 atom stereocenters. The molecule has 3 saturated heterocycles. The number of anilines is 3. The average Bonchev–Trinajstić information content (AvgIpc) is 1.59. The molecule has 0 spiro atoms. The van der Waals surface area contributed by atoms with Crippen LogP contribution in [0.25, 0.3) is 32.7 Å². The maximum atomic E-state index is 15.8. The van der Waals surface area contributed by atoms with E-state index in [4.69, 9.17) is 0 Å². The molecule has 0 aliphatic carbocycles. The van der Waals surface area contributed by atoms with E-state index < -0.39 is 127 Å². The Balaban J connectivity index is 0.000000147. The molecule has 0 amide bonds. The molecule has 3 fully saturated rings. The monoisotopic (exact) mass is 1580 g/mol. The van der Waals surface area contributed by atoms with Crippen LogP contribution in [0, 0.1) is 52.4 Å². The summed E-state index contributed by atoms with van der Waals surface area (Å²) in [5.74, 6) is -12.6. The molecule has 0 unspecified atom stereocenters. The van der Waals surface area contributed by atoms with Crippen molar-refractivity contribution in [2.45, 2.75) is 165 Å². The van der Waals surface area contributed by atoms with Gasteiger partial charge in [0.1, 0.15) is 58.0 Å². The number of alkyl halides is 8. The van der Waals surface area contributed by atoms with Gasteiger partial charge in [0, 0.05) is 170 Å². The highest BCUT2D eigenvalue weighted by atomic mass is 19.3. The number of hydrogen-bond donors (Lipinski definition) is 6. The van der Waals surface area contributed by atoms with Gasteiger partial charge in [0.2, 0.25) is 0 Å². The van der Waals surface area contributed by atoms with Crippen molar-refractivity contribution in [1.82, 2.24) is 44.4 Å². The highest BCUT2D eigenvalue weighted by Gasteiger charge is 2.47. The molecule has 0 radical (unpaired) electrons. The number of aromatic amines is 3. The Hall–Kier alpha value is -8.09. The van der Waals surface area contributed by atoms with Crippen molar-refractivity contribution >= 4 is 49.8 Å². The first kappa shape index (κ1) is 81.9. The Morgan fingerprint density at radius 2 is 0.723 bits per heavy atom. The van der Waals surface area contributed by atoms with Gasteiger partial charge in [-0.2, -0.15) is 0 Å². The van der Waals surface area contributed by atoms with Gasteiger partial charge in [0.05, 0.1) is 80.4 Å². The zero-order valence-electron chi connectivity index (χ0n) is 63.5. The zero-order valence-corrected chi connectivity index (χ0v) is 63.5. The van der Waals surface area contributed by atoms with E-state index in [1.807, 2.05) is 21.6 Å². The molecule has 6 aliphatic heterocycles. The number of hydrogen-bond acceptors (Lipinski definition) is 9. The van der Waals surface area contributed by atoms with E-state index >= 15 is 30.7 Å². The van der Waals surface area contributed by atoms with Crippen LogP contribution < -0.4 is 16.0 Å². The van der Waals surface area contributed by atoms with E-state index in [1.165, 1.54) is 77.4 Å². The third-order valence-electron chi connectivity index (χ3n) is 22.8. The molecule has 6 aromatic carbocycles. The molecular formula is C83H95F17N12. The molecule has 9 heterocycles. The highest BCUT2D eigenvalue weighted by Crippen LogP contribution is 2.49. The van der Waals surface area contributed by atoms with Gasteiger partial charge in [-0.3, -0.25) is 42.6 Å². The van der Waals surface area contributed by atoms with Crippen molar-refractivity contribution in [3.05, 3.63) is 194 Å². The van der Waals surface area contributed by atoms with Crippen molar-refractivity contribution < 1.29 is 74.6 Å². The van der Waals surface area contributed by atoms with Gasteiger partial charge >= 0.3 is 0 Å². The van der Waals surface area contributed by atoms with Crippen molar-refractivity contribution in [1.29, 1.82) is 0 Å². The summed E-state index contributed by atoms with van der Waals surface area (Å²) in [6.07, 6.45) is 2.81. The van der Waals surface area contributed by atoms with Crippen LogP contribution in [-0.2, 0) is 19.3 Å². The van der Waals surface area contributed by atoms with Crippen molar-refractivity contribution in [3.63, 3.8) is 0 Å². The number of nitrogens with zero attached hydrogens (tertiary/aromatic N) is 6. The molecule has 6 aliphatic rings. The first-order chi connectivity index (χ1) is 53.2. The number of H-pyrrole nitrogens is 3. The molecule has 29 heteroatoms. The number of aromatic nitrogens is 3. The van der Waals surface area contributed by atoms with Crippen LogP contribution in [0.4, 0.5) is 91.7 Å². The second kappa shape index (κ2) is 33.4. The van der Waals surface area contributed by atoms with E-state index in [-0.39, 0.29) is 82.9 Å². The van der Waals surface area contributed by atoms with Gasteiger partial charge < -0.3 is 30.9 Å². The fourth-order valence-corrected chi connectivity index (χ4v) is 17.3. The lowest BCUT2D eigenvalue weighted by Crippen LogP contribution is -2.54. The first-order valence-corrected chi connectivity index (χ1v) is 38.4. The summed E-state index contributed by atoms with van der Waals surface area (Å²) in [5, 5.41) is 11.3. The number of halogens is 17. The summed E-state index contributed by atoms with van der Waals surface area (Å²) >= 11 is 0. The van der Waals surface area contributed by atoms with Crippen LogP contribution in [0.1, 0.15) is 143 Å². The molecule has 6 N–H and O–H groups in total. The molecule has 0 bridgehead atoms. The summed E-state index contributed by atoms with van der Waals surface area (Å²) in [7, 11) is 0. The van der Waals surface area contributed by atoms with Crippen LogP contribution in [0.3, 0.4) is 0 Å². The summed E-state index contributed by atoms with van der Waals surface area (Å²) < 4.78 is 247. The molecule has 15 rings (SSSR count). The number of fused-ring (bicyclic) bond motifs is 9. The summed E-state index contributed by atoms with van der Waals surface area (Å²) in [6.45, 7) is 13.4. The third kappa shape index (κ3) is 17.6. The smallest absolute Gasteiger partial charge is 0.257 e. The zero-order chi connectivity index (χ0) is 80.2. The van der Waals surface area contributed by atoms with Crippen LogP contribution in [-0.4, -0.2) is 197 Å². The molecule has 9 aromatic rings. The van der Waals surface area contributed by atoms with Gasteiger partial charge in [0.25, 0.3) is 11.8 Å². The number of para-hydroxylation sites is 2. The van der Waals surface area contributed by atoms with E-state index in [0.717, 1.165) is 24.8 Å². The summed E-state index contributed by atoms with van der Waals surface area (Å²) in [6, 6.07) is 16.3. The van der Waals surface area contributed by atoms with E-state index in [1.54, 1.807) is 51.1 Å². The second-order valence-electron chi connectivity index (χ2n) is 31.8. The van der Waals surface area contributed by atoms with E-state index in [0.29, 0.717) is 148 Å². The number of likely N-dealkylation sites (tertiary alicyclic amines) is 3. The number of nitrogens with one attached hydrogen (secondary N) is 6. The lowest BCUT2D eigenvalue weighted by molar-refractivity contribution is -0.0378. The Morgan fingerprint density at radius 3 is 1.04 bits per heavy atom. The molecule has 3 aromatic heterocycles. The molecule has 606 valence electrons. The minimum Gasteiger partial charge on any atom is -0.380 e. The van der Waals surface area contributed by atoms with Gasteiger partial charge in [-0.05, 0) is 156 Å². The first-order valence-electron chi connectivity index (χ1n) is 38.4. The Kier molecular flexibility index (Phi) is 24.4. The average molecular weight is 1580 g/mol. The van der Waals surface area contributed by atoms with Gasteiger partial charge in [-0.25, -0.2) is 61.5 Å². The topological polar surface area (TPSA) is 103 Å². The number of rotatable bonds is 25. The maximum Gasteiger partial charge on any atom is 0.257 e. The van der Waals surface area contributed by atoms with Crippen molar-refractivity contribution in [2.24, 2.45) is 0 Å². The van der Waals surface area contributed by atoms with Crippen molar-refractivity contribution in [3.8, 4) is 0 Å². The van der Waals surface area contributed by atoms with E-state index in [9.17, 15) is 43.9 Å². The lowest BCUT2D eigenvalue weighted by atomic mass is 9.86. The summed E-state index contributed by atoms with van der Waals surface area (Å²) in [5.41, 5.74) is 2.76. The second-order valence-corrected chi connectivity index (χ2v) is 31.8. The van der Waals surface area contributed by atoms with Crippen LogP contribution >= 0.6 is 0 Å². The molecule has 12 nitrogen and oxygen atoms in total. The quantitative estimate of drug-likeness (QED) is 0.0312. The fraction of sp³-hybridized carbons (Fsp3) is 0.494. The predicted molar refractivity (Wildman–Crippen MR) is 403 cm³/mol. The van der Waals surface area contributed by atoms with Gasteiger partial charge in [-0.15, -0.1) is 0 Å². The Labute approximate surface area is 639 Å². The van der Waals surface area contributed by atoms with E-state index in [2.05, 4.69) is 35.8 Å². The fourth-order valence-electron chi connectivity index (χ4n) is 17.3. The number of benzene rings is 6. The summed E-state index contributed by atoms with van der Waals surface area (Å²) in [4.78, 5) is 19.9. The lowest BCUT2D eigenvalue weighted by Gasteiger charge is -2.43. The Morgan fingerprint density at radius 1 is 0.402 bits per heavy atom. The van der Waals surface area contributed by atoms with Crippen LogP contribution in [0.15, 0.2) is 91.0 Å². The van der Waals surface area contributed by atoms with Crippen LogP contribution in [0.5, 0.6) is 0 Å². The van der Waals surface area contributed by atoms with Crippen molar-refractivity contribution in [2.75, 3.05) is 115 Å². The third-order valence-corrected chi connectivity index (χ3v) is 22.8. The molecule has 0 saturated carbocycles. The SMILES string of the molecule is CC[C@@](C)(F)CN1[C@@H](c2c(F)cc(NC3CN(CCCF)C3)cc2F)c2[nH]c3cc(F)ccc3c2C[C@@H]1C.C[C@@H]1Cc2c([nH]c3c(F)cccc23)[C@@H](c2c(F)cc(NC3CN(CCCF)C3)cc2F)N1CC(C)(F)F.C[C@H]1Cc2c([nH]c3c(F)cccc23)[C@H](c2c(F)cc(NC3CN(CCCF)C3)cc2F)N1CC(C)(F)F. The normalized spacial score (nSPS) is 21.6. The molecule has 112 heavy (non-hydrogen) atoms. The Bertz CT molecular complexity index is 4540. The van der Waals surface area contributed by atoms with Gasteiger partial charge in [0.15, 0.2) is 0 Å².